The molecule has 5 nitrogen and oxygen atoms in total. The van der Waals surface area contributed by atoms with Gasteiger partial charge in [-0.25, -0.2) is 0 Å². The van der Waals surface area contributed by atoms with Crippen molar-refractivity contribution in [2.24, 2.45) is 17.4 Å². The van der Waals surface area contributed by atoms with Gasteiger partial charge in [0, 0.05) is 12.3 Å². The molecule has 1 aliphatic carbocycles. The Kier molecular flexibility index (Phi) is 14.0. The van der Waals surface area contributed by atoms with E-state index in [1.807, 2.05) is 0 Å². The summed E-state index contributed by atoms with van der Waals surface area (Å²) < 4.78 is 0. The number of ketones is 1. The minimum absolute atomic E-state index is 0.436. The van der Waals surface area contributed by atoms with Crippen molar-refractivity contribution >= 4 is 11.8 Å². The highest BCUT2D eigenvalue weighted by molar-refractivity contribution is 5.81. The largest absolute Gasteiger partial charge is 0.480 e. The van der Waals surface area contributed by atoms with Crippen LogP contribution in [0.15, 0.2) is 0 Å². The Balaban J connectivity index is 0.000000438. The topological polar surface area (TPSA) is 106 Å². The fraction of sp³-hybridized carbons (Fsp3) is 0.889. The quantitative estimate of drug-likeness (QED) is 0.534. The molecule has 1 aliphatic rings. The summed E-state index contributed by atoms with van der Waals surface area (Å²) in [4.78, 5) is 21.6. The molecule has 0 aromatic heterocycles. The smallest absolute Gasteiger partial charge is 0.320 e. The maximum absolute atomic E-state index is 11.5. The molecule has 0 bridgehead atoms. The van der Waals surface area contributed by atoms with E-state index >= 15 is 0 Å². The molecule has 2 atom stereocenters. The summed E-state index contributed by atoms with van der Waals surface area (Å²) in [6.07, 6.45) is 13.0. The monoisotopic (exact) mass is 328 g/mol. The molecule has 136 valence electrons. The van der Waals surface area contributed by atoms with Crippen LogP contribution in [0.1, 0.15) is 84.0 Å². The van der Waals surface area contributed by atoms with Crippen molar-refractivity contribution in [3.8, 4) is 0 Å². The molecule has 0 spiro atoms. The number of carbonyl (C=O) groups excluding carboxylic acids is 1. The number of nitrogens with two attached hydrogens (primary N) is 2. The third-order valence-electron chi connectivity index (χ3n) is 4.37. The van der Waals surface area contributed by atoms with Crippen molar-refractivity contribution in [2.45, 2.75) is 90.0 Å². The second kappa shape index (κ2) is 14.6. The Labute approximate surface area is 141 Å². The molecule has 23 heavy (non-hydrogen) atoms. The molecule has 0 radical (unpaired) electrons. The number of unbranched alkanes of at least 4 members (excludes halogenated alkanes) is 4. The summed E-state index contributed by atoms with van der Waals surface area (Å²) in [6.45, 7) is 2.83. The molecule has 0 aliphatic heterocycles. The van der Waals surface area contributed by atoms with Crippen LogP contribution in [0.3, 0.4) is 0 Å². The SMILES string of the molecule is CCCCCCC1CCCCC1=O.NCCCC[C@H](N)C(=O)O. The highest BCUT2D eigenvalue weighted by Gasteiger charge is 2.20. The number of Topliss-reactive ketones (excluding diaryl/α,β-unsaturated/α-hetero) is 1. The van der Waals surface area contributed by atoms with E-state index in [2.05, 4.69) is 6.92 Å². The number of carbonyl (C=O) groups is 2. The van der Waals surface area contributed by atoms with E-state index in [1.165, 1.54) is 44.9 Å². The molecule has 1 saturated carbocycles. The average molecular weight is 328 g/mol. The second-order valence-corrected chi connectivity index (χ2v) is 6.49. The number of carboxylic acids is 1. The minimum Gasteiger partial charge on any atom is -0.480 e. The summed E-state index contributed by atoms with van der Waals surface area (Å²) >= 11 is 0. The number of carboxylic acid groups (broad SMARTS) is 1. The van der Waals surface area contributed by atoms with Gasteiger partial charge in [-0.3, -0.25) is 9.59 Å². The Morgan fingerprint density at radius 2 is 1.96 bits per heavy atom. The molecular weight excluding hydrogens is 292 g/mol. The van der Waals surface area contributed by atoms with Gasteiger partial charge in [-0.05, 0) is 38.6 Å². The zero-order chi connectivity index (χ0) is 17.5. The molecular formula is C18H36N2O3. The molecule has 0 aromatic rings. The molecule has 5 N–H and O–H groups in total. The van der Waals surface area contributed by atoms with Gasteiger partial charge in [0.1, 0.15) is 11.8 Å². The molecule has 1 rings (SSSR count). The van der Waals surface area contributed by atoms with Crippen molar-refractivity contribution in [1.29, 1.82) is 0 Å². The number of aliphatic carboxylic acids is 1. The molecule has 0 amide bonds. The van der Waals surface area contributed by atoms with Crippen LogP contribution in [-0.2, 0) is 9.59 Å². The number of rotatable bonds is 10. The first kappa shape index (κ1) is 22.1. The standard InChI is InChI=1S/C12H22O.C6H14N2O2/c1-2-3-4-5-8-11-9-6-7-10-12(11)13;7-4-2-1-3-5(8)6(9)10/h11H,2-10H2,1H3;5H,1-4,7-8H2,(H,9,10)/t;5-/m.0/s1. The van der Waals surface area contributed by atoms with E-state index in [0.717, 1.165) is 25.7 Å². The minimum atomic E-state index is -0.933. The first-order valence-electron chi connectivity index (χ1n) is 9.24. The zero-order valence-electron chi connectivity index (χ0n) is 14.8. The first-order valence-corrected chi connectivity index (χ1v) is 9.24. The van der Waals surface area contributed by atoms with Gasteiger partial charge in [-0.2, -0.15) is 0 Å². The number of hydrogen-bond acceptors (Lipinski definition) is 4. The van der Waals surface area contributed by atoms with Gasteiger partial charge in [0.05, 0.1) is 0 Å². The van der Waals surface area contributed by atoms with Crippen molar-refractivity contribution in [3.63, 3.8) is 0 Å². The summed E-state index contributed by atoms with van der Waals surface area (Å²) in [5, 5.41) is 8.33. The van der Waals surface area contributed by atoms with E-state index in [9.17, 15) is 9.59 Å². The van der Waals surface area contributed by atoms with Gasteiger partial charge in [-0.1, -0.05) is 45.4 Å². The fourth-order valence-corrected chi connectivity index (χ4v) is 2.81. The van der Waals surface area contributed by atoms with Gasteiger partial charge >= 0.3 is 5.97 Å². The summed E-state index contributed by atoms with van der Waals surface area (Å²) in [5.41, 5.74) is 10.4. The van der Waals surface area contributed by atoms with Gasteiger partial charge < -0.3 is 16.6 Å². The molecule has 5 heteroatoms. The molecule has 0 heterocycles. The van der Waals surface area contributed by atoms with Crippen LogP contribution in [0.2, 0.25) is 0 Å². The van der Waals surface area contributed by atoms with Gasteiger partial charge in [-0.15, -0.1) is 0 Å². The van der Waals surface area contributed by atoms with Crippen molar-refractivity contribution in [3.05, 3.63) is 0 Å². The summed E-state index contributed by atoms with van der Waals surface area (Å²) in [6, 6.07) is -0.716. The lowest BCUT2D eigenvalue weighted by Crippen LogP contribution is -2.29. The predicted octanol–water partition coefficient (Wildman–Crippen LogP) is 3.24. The molecule has 1 fully saturated rings. The average Bonchev–Trinajstić information content (AvgIpc) is 2.54. The molecule has 1 unspecified atom stereocenters. The van der Waals surface area contributed by atoms with Gasteiger partial charge in [0.25, 0.3) is 0 Å². The normalized spacial score (nSPS) is 18.9. The Morgan fingerprint density at radius 1 is 1.22 bits per heavy atom. The van der Waals surface area contributed by atoms with Crippen LogP contribution in [-0.4, -0.2) is 29.4 Å². The van der Waals surface area contributed by atoms with Crippen molar-refractivity contribution in [2.75, 3.05) is 6.54 Å². The van der Waals surface area contributed by atoms with E-state index in [1.54, 1.807) is 0 Å². The van der Waals surface area contributed by atoms with E-state index in [0.29, 0.717) is 24.7 Å². The van der Waals surface area contributed by atoms with Crippen LogP contribution in [0.5, 0.6) is 0 Å². The lowest BCUT2D eigenvalue weighted by atomic mass is 9.84. The summed E-state index contributed by atoms with van der Waals surface area (Å²) in [5.74, 6) is 0.0466. The van der Waals surface area contributed by atoms with Gasteiger partial charge in [0.15, 0.2) is 0 Å². The molecule has 0 saturated heterocycles. The maximum Gasteiger partial charge on any atom is 0.320 e. The summed E-state index contributed by atoms with van der Waals surface area (Å²) in [7, 11) is 0. The number of hydrogen-bond donors (Lipinski definition) is 3. The lowest BCUT2D eigenvalue weighted by Gasteiger charge is -2.19. The Bertz CT molecular complexity index is 321. The van der Waals surface area contributed by atoms with Gasteiger partial charge in [0.2, 0.25) is 0 Å². The van der Waals surface area contributed by atoms with E-state index in [-0.39, 0.29) is 0 Å². The lowest BCUT2D eigenvalue weighted by molar-refractivity contribution is -0.138. The van der Waals surface area contributed by atoms with Crippen LogP contribution in [0, 0.1) is 5.92 Å². The van der Waals surface area contributed by atoms with Crippen LogP contribution < -0.4 is 11.5 Å². The van der Waals surface area contributed by atoms with Crippen molar-refractivity contribution in [1.82, 2.24) is 0 Å². The Morgan fingerprint density at radius 3 is 2.52 bits per heavy atom. The highest BCUT2D eigenvalue weighted by atomic mass is 16.4. The fourth-order valence-electron chi connectivity index (χ4n) is 2.81. The third kappa shape index (κ3) is 12.2. The van der Waals surface area contributed by atoms with E-state index < -0.39 is 12.0 Å². The van der Waals surface area contributed by atoms with Crippen LogP contribution in [0.4, 0.5) is 0 Å². The Hall–Kier alpha value is -0.940. The predicted molar refractivity (Wildman–Crippen MR) is 94.2 cm³/mol. The highest BCUT2D eigenvalue weighted by Crippen LogP contribution is 2.25. The van der Waals surface area contributed by atoms with E-state index in [4.69, 9.17) is 16.6 Å². The third-order valence-corrected chi connectivity index (χ3v) is 4.37. The van der Waals surface area contributed by atoms with Crippen LogP contribution in [0.25, 0.3) is 0 Å². The maximum atomic E-state index is 11.5. The first-order chi connectivity index (χ1) is 11.0. The van der Waals surface area contributed by atoms with Crippen molar-refractivity contribution < 1.29 is 14.7 Å². The molecule has 0 aromatic carbocycles. The second-order valence-electron chi connectivity index (χ2n) is 6.49. The zero-order valence-corrected chi connectivity index (χ0v) is 14.8. The van der Waals surface area contributed by atoms with Crippen LogP contribution >= 0.6 is 0 Å².